The lowest BCUT2D eigenvalue weighted by atomic mass is 10.2. The van der Waals surface area contributed by atoms with E-state index in [0.29, 0.717) is 0 Å². The van der Waals surface area contributed by atoms with Crippen molar-refractivity contribution in [2.24, 2.45) is 0 Å². The molecule has 0 aromatic heterocycles. The van der Waals surface area contributed by atoms with Crippen LogP contribution in [0, 0.1) is 5.82 Å². The fraction of sp³-hybridized carbons (Fsp3) is 0.0714. The summed E-state index contributed by atoms with van der Waals surface area (Å²) in [5.74, 6) is -1.14. The summed E-state index contributed by atoms with van der Waals surface area (Å²) in [6.45, 7) is 0. The highest BCUT2D eigenvalue weighted by Crippen LogP contribution is 2.23. The number of anilines is 1. The van der Waals surface area contributed by atoms with Gasteiger partial charge < -0.3 is 4.74 Å². The number of halogens is 2. The molecular weight excluding hydrogens is 333 g/mol. The molecule has 0 saturated carbocycles. The predicted molar refractivity (Wildman–Crippen MR) is 80.0 cm³/mol. The quantitative estimate of drug-likeness (QED) is 0.866. The molecule has 8 heteroatoms. The fourth-order valence-corrected chi connectivity index (χ4v) is 3.08. The number of hydrogen-bond donors (Lipinski definition) is 1. The first-order valence-electron chi connectivity index (χ1n) is 6.00. The van der Waals surface area contributed by atoms with E-state index in [4.69, 9.17) is 11.6 Å². The maximum atomic E-state index is 12.8. The van der Waals surface area contributed by atoms with E-state index in [2.05, 4.69) is 9.46 Å². The smallest absolute Gasteiger partial charge is 0.339 e. The molecule has 0 fully saturated rings. The molecule has 2 rings (SSSR count). The van der Waals surface area contributed by atoms with E-state index in [9.17, 15) is 17.6 Å². The Labute approximate surface area is 131 Å². The summed E-state index contributed by atoms with van der Waals surface area (Å²) in [4.78, 5) is 11.3. The van der Waals surface area contributed by atoms with Crippen molar-refractivity contribution in [3.63, 3.8) is 0 Å². The van der Waals surface area contributed by atoms with E-state index in [0.717, 1.165) is 18.2 Å². The summed E-state index contributed by atoms with van der Waals surface area (Å²) in [5, 5.41) is -0.0474. The molecule has 0 aliphatic heterocycles. The number of benzene rings is 2. The van der Waals surface area contributed by atoms with Gasteiger partial charge in [-0.15, -0.1) is 0 Å². The van der Waals surface area contributed by atoms with Crippen molar-refractivity contribution in [1.29, 1.82) is 0 Å². The van der Waals surface area contributed by atoms with Crippen molar-refractivity contribution < 1.29 is 22.3 Å². The van der Waals surface area contributed by atoms with Crippen LogP contribution < -0.4 is 4.72 Å². The summed E-state index contributed by atoms with van der Waals surface area (Å²) in [6, 6.07) is 8.46. The van der Waals surface area contributed by atoms with Crippen LogP contribution in [0.1, 0.15) is 10.4 Å². The number of hydrogen-bond acceptors (Lipinski definition) is 4. The van der Waals surface area contributed by atoms with Crippen molar-refractivity contribution in [3.05, 3.63) is 58.9 Å². The third kappa shape index (κ3) is 3.55. The third-order valence-electron chi connectivity index (χ3n) is 2.75. The molecule has 0 heterocycles. The zero-order chi connectivity index (χ0) is 16.3. The number of carbonyl (C=O) groups excluding carboxylic acids is 1. The summed E-state index contributed by atoms with van der Waals surface area (Å²) in [5.41, 5.74) is 0.263. The highest BCUT2D eigenvalue weighted by atomic mass is 35.5. The van der Waals surface area contributed by atoms with Crippen LogP contribution in [0.2, 0.25) is 5.02 Å². The van der Waals surface area contributed by atoms with Gasteiger partial charge in [0, 0.05) is 5.69 Å². The first-order chi connectivity index (χ1) is 10.3. The monoisotopic (exact) mass is 343 g/mol. The van der Waals surface area contributed by atoms with Crippen LogP contribution in [0.25, 0.3) is 0 Å². The maximum Gasteiger partial charge on any atom is 0.339 e. The minimum absolute atomic E-state index is 0.0474. The summed E-state index contributed by atoms with van der Waals surface area (Å²) in [6.07, 6.45) is 0. The van der Waals surface area contributed by atoms with Gasteiger partial charge in [-0.25, -0.2) is 17.6 Å². The second kappa shape index (κ2) is 6.33. The topological polar surface area (TPSA) is 72.5 Å². The van der Waals surface area contributed by atoms with E-state index >= 15 is 0 Å². The molecule has 0 atom stereocenters. The number of sulfonamides is 1. The Morgan fingerprint density at radius 2 is 1.82 bits per heavy atom. The highest BCUT2D eigenvalue weighted by molar-refractivity contribution is 7.92. The van der Waals surface area contributed by atoms with Crippen molar-refractivity contribution >= 4 is 33.3 Å². The van der Waals surface area contributed by atoms with Gasteiger partial charge in [0.15, 0.2) is 0 Å². The lowest BCUT2D eigenvalue weighted by Gasteiger charge is -2.09. The second-order valence-electron chi connectivity index (χ2n) is 4.25. The van der Waals surface area contributed by atoms with E-state index in [1.165, 1.54) is 31.4 Å². The maximum absolute atomic E-state index is 12.8. The van der Waals surface area contributed by atoms with Crippen LogP contribution in [0.3, 0.4) is 0 Å². The molecule has 0 amide bonds. The van der Waals surface area contributed by atoms with E-state index in [1.54, 1.807) is 0 Å². The first-order valence-corrected chi connectivity index (χ1v) is 7.86. The molecule has 116 valence electrons. The summed E-state index contributed by atoms with van der Waals surface area (Å²) >= 11 is 5.89. The van der Waals surface area contributed by atoms with Crippen LogP contribution in [-0.2, 0) is 14.8 Å². The van der Waals surface area contributed by atoms with Gasteiger partial charge in [-0.1, -0.05) is 11.6 Å². The van der Waals surface area contributed by atoms with Crippen LogP contribution in [0.5, 0.6) is 0 Å². The van der Waals surface area contributed by atoms with E-state index in [1.807, 2.05) is 0 Å². The Morgan fingerprint density at radius 1 is 1.18 bits per heavy atom. The number of rotatable bonds is 4. The zero-order valence-electron chi connectivity index (χ0n) is 11.3. The van der Waals surface area contributed by atoms with Crippen molar-refractivity contribution in [2.75, 3.05) is 11.8 Å². The van der Waals surface area contributed by atoms with Gasteiger partial charge in [0.1, 0.15) is 5.82 Å². The Balaban J connectivity index is 2.31. The SMILES string of the molecule is COC(=O)c1ccc(S(=O)(=O)Nc2ccc(F)cc2)cc1Cl. The van der Waals surface area contributed by atoms with Gasteiger partial charge in [-0.05, 0) is 42.5 Å². The Bertz CT molecular complexity index is 806. The Kier molecular flexibility index (Phi) is 4.68. The van der Waals surface area contributed by atoms with E-state index in [-0.39, 0.29) is 21.2 Å². The Hall–Kier alpha value is -2.12. The molecule has 2 aromatic carbocycles. The normalized spacial score (nSPS) is 11.0. The lowest BCUT2D eigenvalue weighted by molar-refractivity contribution is 0.0601. The standard InChI is InChI=1S/C14H11ClFNO4S/c1-21-14(18)12-7-6-11(8-13(12)15)22(19,20)17-10-4-2-9(16)3-5-10/h2-8,17H,1H3. The molecule has 5 nitrogen and oxygen atoms in total. The largest absolute Gasteiger partial charge is 0.465 e. The van der Waals surface area contributed by atoms with Crippen LogP contribution >= 0.6 is 11.6 Å². The molecule has 2 aromatic rings. The number of esters is 1. The average Bonchev–Trinajstić information content (AvgIpc) is 2.48. The molecule has 0 unspecified atom stereocenters. The average molecular weight is 344 g/mol. The summed E-state index contributed by atoms with van der Waals surface area (Å²) < 4.78 is 44.0. The van der Waals surface area contributed by atoms with Crippen LogP contribution in [0.4, 0.5) is 10.1 Å². The zero-order valence-corrected chi connectivity index (χ0v) is 12.9. The molecule has 0 aliphatic rings. The fourth-order valence-electron chi connectivity index (χ4n) is 1.67. The predicted octanol–water partition coefficient (Wildman–Crippen LogP) is 3.07. The third-order valence-corrected chi connectivity index (χ3v) is 4.44. The Morgan fingerprint density at radius 3 is 2.36 bits per heavy atom. The molecule has 0 aliphatic carbocycles. The molecule has 0 saturated heterocycles. The molecule has 1 N–H and O–H groups in total. The molecular formula is C14H11ClFNO4S. The molecule has 0 radical (unpaired) electrons. The van der Waals surface area contributed by atoms with Crippen molar-refractivity contribution in [2.45, 2.75) is 4.90 Å². The second-order valence-corrected chi connectivity index (χ2v) is 6.34. The van der Waals surface area contributed by atoms with Gasteiger partial charge >= 0.3 is 5.97 Å². The number of methoxy groups -OCH3 is 1. The lowest BCUT2D eigenvalue weighted by Crippen LogP contribution is -2.13. The van der Waals surface area contributed by atoms with Gasteiger partial charge in [0.25, 0.3) is 10.0 Å². The minimum Gasteiger partial charge on any atom is -0.465 e. The van der Waals surface area contributed by atoms with E-state index < -0.39 is 21.8 Å². The van der Waals surface area contributed by atoms with Crippen LogP contribution in [-0.4, -0.2) is 21.5 Å². The molecule has 0 spiro atoms. The van der Waals surface area contributed by atoms with Gasteiger partial charge in [-0.2, -0.15) is 0 Å². The first kappa shape index (κ1) is 16.3. The minimum atomic E-state index is -3.91. The van der Waals surface area contributed by atoms with Gasteiger partial charge in [0.05, 0.1) is 22.6 Å². The van der Waals surface area contributed by atoms with Crippen LogP contribution in [0.15, 0.2) is 47.4 Å². The number of carbonyl (C=O) groups is 1. The number of nitrogens with one attached hydrogen (secondary N) is 1. The number of ether oxygens (including phenoxy) is 1. The highest BCUT2D eigenvalue weighted by Gasteiger charge is 2.18. The summed E-state index contributed by atoms with van der Waals surface area (Å²) in [7, 11) is -2.71. The van der Waals surface area contributed by atoms with Gasteiger partial charge in [-0.3, -0.25) is 4.72 Å². The molecule has 22 heavy (non-hydrogen) atoms. The van der Waals surface area contributed by atoms with Crippen molar-refractivity contribution in [3.8, 4) is 0 Å². The molecule has 0 bridgehead atoms. The van der Waals surface area contributed by atoms with Gasteiger partial charge in [0.2, 0.25) is 0 Å². The van der Waals surface area contributed by atoms with Crippen molar-refractivity contribution in [1.82, 2.24) is 0 Å².